The quantitative estimate of drug-likeness (QED) is 0.463. The standard InChI is InChI=1S/C22H29N3O3/c1-3-24-13-5-15-26-18-8-6-17(7-9-18)22-25-20-11-10-19(16-21(20)28-22)27-14-4-12-23-2/h6-11,16,23-24H,3-5,12-15H2,1-2H3. The number of nitrogens with one attached hydrogen (secondary N) is 2. The van der Waals surface area contributed by atoms with Gasteiger partial charge in [-0.2, -0.15) is 0 Å². The fraction of sp³-hybridized carbons (Fsp3) is 0.409. The predicted molar refractivity (Wildman–Crippen MR) is 112 cm³/mol. The molecule has 0 amide bonds. The van der Waals surface area contributed by atoms with Crippen LogP contribution in [0, 0.1) is 0 Å². The van der Waals surface area contributed by atoms with Crippen molar-refractivity contribution in [2.75, 3.05) is 39.9 Å². The minimum atomic E-state index is 0.598. The van der Waals surface area contributed by atoms with Crippen molar-refractivity contribution in [3.63, 3.8) is 0 Å². The van der Waals surface area contributed by atoms with Crippen molar-refractivity contribution in [1.82, 2.24) is 15.6 Å². The third kappa shape index (κ3) is 5.71. The Bertz CT molecular complexity index is 846. The van der Waals surface area contributed by atoms with E-state index < -0.39 is 0 Å². The van der Waals surface area contributed by atoms with Gasteiger partial charge in [-0.3, -0.25) is 0 Å². The molecule has 3 rings (SSSR count). The summed E-state index contributed by atoms with van der Waals surface area (Å²) in [4.78, 5) is 4.58. The molecule has 1 heterocycles. The minimum absolute atomic E-state index is 0.598. The molecular formula is C22H29N3O3. The summed E-state index contributed by atoms with van der Waals surface area (Å²) in [6.45, 7) is 6.37. The van der Waals surface area contributed by atoms with E-state index in [0.717, 1.165) is 60.6 Å². The fourth-order valence-corrected chi connectivity index (χ4v) is 2.81. The highest BCUT2D eigenvalue weighted by Crippen LogP contribution is 2.28. The van der Waals surface area contributed by atoms with Crippen LogP contribution in [0.3, 0.4) is 0 Å². The molecule has 0 fully saturated rings. The second-order valence-electron chi connectivity index (χ2n) is 6.53. The number of nitrogens with zero attached hydrogens (tertiary/aromatic N) is 1. The lowest BCUT2D eigenvalue weighted by atomic mass is 10.2. The summed E-state index contributed by atoms with van der Waals surface area (Å²) in [5.41, 5.74) is 2.47. The second kappa shape index (κ2) is 10.7. The van der Waals surface area contributed by atoms with Gasteiger partial charge in [0.1, 0.15) is 17.0 Å². The van der Waals surface area contributed by atoms with E-state index in [1.807, 2.05) is 49.5 Å². The smallest absolute Gasteiger partial charge is 0.227 e. The van der Waals surface area contributed by atoms with Crippen molar-refractivity contribution >= 4 is 11.1 Å². The lowest BCUT2D eigenvalue weighted by molar-refractivity contribution is 0.309. The Labute approximate surface area is 166 Å². The average Bonchev–Trinajstić information content (AvgIpc) is 3.15. The Kier molecular flexibility index (Phi) is 7.70. The Hall–Kier alpha value is -2.57. The molecule has 6 nitrogen and oxygen atoms in total. The van der Waals surface area contributed by atoms with E-state index >= 15 is 0 Å². The molecule has 0 radical (unpaired) electrons. The van der Waals surface area contributed by atoms with Gasteiger partial charge < -0.3 is 24.5 Å². The van der Waals surface area contributed by atoms with E-state index in [2.05, 4.69) is 22.5 Å². The van der Waals surface area contributed by atoms with Crippen LogP contribution in [-0.4, -0.2) is 44.9 Å². The molecule has 2 aromatic carbocycles. The molecule has 0 unspecified atom stereocenters. The number of fused-ring (bicyclic) bond motifs is 1. The number of hydrogen-bond acceptors (Lipinski definition) is 6. The third-order valence-corrected chi connectivity index (χ3v) is 4.32. The first-order valence-corrected chi connectivity index (χ1v) is 9.92. The van der Waals surface area contributed by atoms with Gasteiger partial charge >= 0.3 is 0 Å². The number of oxazole rings is 1. The summed E-state index contributed by atoms with van der Waals surface area (Å²) in [7, 11) is 1.94. The fourth-order valence-electron chi connectivity index (χ4n) is 2.81. The molecule has 0 spiro atoms. The van der Waals surface area contributed by atoms with E-state index in [1.54, 1.807) is 0 Å². The summed E-state index contributed by atoms with van der Waals surface area (Å²) in [5, 5.41) is 6.39. The molecule has 28 heavy (non-hydrogen) atoms. The lowest BCUT2D eigenvalue weighted by Crippen LogP contribution is -2.16. The van der Waals surface area contributed by atoms with Crippen LogP contribution in [0.4, 0.5) is 0 Å². The predicted octanol–water partition coefficient (Wildman–Crippen LogP) is 3.86. The van der Waals surface area contributed by atoms with Crippen LogP contribution in [0.25, 0.3) is 22.6 Å². The Morgan fingerprint density at radius 2 is 1.64 bits per heavy atom. The monoisotopic (exact) mass is 383 g/mol. The van der Waals surface area contributed by atoms with Gasteiger partial charge in [0.25, 0.3) is 0 Å². The number of ether oxygens (including phenoxy) is 2. The normalized spacial score (nSPS) is 11.1. The molecule has 150 valence electrons. The third-order valence-electron chi connectivity index (χ3n) is 4.32. The Morgan fingerprint density at radius 1 is 0.929 bits per heavy atom. The molecule has 0 aliphatic carbocycles. The molecule has 0 aliphatic rings. The van der Waals surface area contributed by atoms with Gasteiger partial charge in [0.05, 0.1) is 13.2 Å². The van der Waals surface area contributed by atoms with Crippen LogP contribution < -0.4 is 20.1 Å². The van der Waals surface area contributed by atoms with Crippen molar-refractivity contribution in [3.8, 4) is 23.0 Å². The molecule has 3 aromatic rings. The van der Waals surface area contributed by atoms with E-state index in [1.165, 1.54) is 0 Å². The van der Waals surface area contributed by atoms with Gasteiger partial charge in [0.2, 0.25) is 5.89 Å². The first-order valence-electron chi connectivity index (χ1n) is 9.92. The molecule has 1 aromatic heterocycles. The molecule has 0 saturated heterocycles. The highest BCUT2D eigenvalue weighted by molar-refractivity contribution is 5.77. The van der Waals surface area contributed by atoms with Gasteiger partial charge in [-0.05, 0) is 75.9 Å². The van der Waals surface area contributed by atoms with E-state index in [9.17, 15) is 0 Å². The van der Waals surface area contributed by atoms with Crippen LogP contribution in [0.1, 0.15) is 19.8 Å². The lowest BCUT2D eigenvalue weighted by Gasteiger charge is -2.06. The molecule has 0 saturated carbocycles. The van der Waals surface area contributed by atoms with Gasteiger partial charge in [0, 0.05) is 11.6 Å². The molecule has 6 heteroatoms. The summed E-state index contributed by atoms with van der Waals surface area (Å²) >= 11 is 0. The Balaban J connectivity index is 1.59. The molecule has 0 bridgehead atoms. The van der Waals surface area contributed by atoms with Gasteiger partial charge in [-0.15, -0.1) is 0 Å². The van der Waals surface area contributed by atoms with E-state index in [0.29, 0.717) is 19.1 Å². The van der Waals surface area contributed by atoms with E-state index in [-0.39, 0.29) is 0 Å². The zero-order chi connectivity index (χ0) is 19.6. The molecule has 0 aliphatic heterocycles. The number of aromatic nitrogens is 1. The minimum Gasteiger partial charge on any atom is -0.494 e. The maximum atomic E-state index is 5.93. The van der Waals surface area contributed by atoms with Crippen molar-refractivity contribution in [2.24, 2.45) is 0 Å². The number of hydrogen-bond donors (Lipinski definition) is 2. The van der Waals surface area contributed by atoms with Crippen molar-refractivity contribution in [1.29, 1.82) is 0 Å². The average molecular weight is 383 g/mol. The van der Waals surface area contributed by atoms with Crippen LogP contribution in [-0.2, 0) is 0 Å². The van der Waals surface area contributed by atoms with Gasteiger partial charge in [0.15, 0.2) is 5.58 Å². The van der Waals surface area contributed by atoms with Crippen molar-refractivity contribution < 1.29 is 13.9 Å². The first-order chi connectivity index (χ1) is 13.8. The summed E-state index contributed by atoms with van der Waals surface area (Å²) < 4.78 is 17.5. The first kappa shape index (κ1) is 20.2. The van der Waals surface area contributed by atoms with Crippen molar-refractivity contribution in [3.05, 3.63) is 42.5 Å². The van der Waals surface area contributed by atoms with Gasteiger partial charge in [-0.1, -0.05) is 6.92 Å². The highest BCUT2D eigenvalue weighted by atomic mass is 16.5. The topological polar surface area (TPSA) is 68.5 Å². The van der Waals surface area contributed by atoms with E-state index in [4.69, 9.17) is 13.9 Å². The highest BCUT2D eigenvalue weighted by Gasteiger charge is 2.09. The van der Waals surface area contributed by atoms with Crippen LogP contribution in [0.15, 0.2) is 46.9 Å². The van der Waals surface area contributed by atoms with Crippen molar-refractivity contribution in [2.45, 2.75) is 19.8 Å². The summed E-state index contributed by atoms with van der Waals surface area (Å²) in [6, 6.07) is 13.6. The van der Waals surface area contributed by atoms with Gasteiger partial charge in [-0.25, -0.2) is 4.98 Å². The largest absolute Gasteiger partial charge is 0.494 e. The summed E-state index contributed by atoms with van der Waals surface area (Å²) in [6.07, 6.45) is 1.94. The number of benzene rings is 2. The zero-order valence-electron chi connectivity index (χ0n) is 16.7. The number of rotatable bonds is 12. The summed E-state index contributed by atoms with van der Waals surface area (Å²) in [5.74, 6) is 2.25. The molecule has 0 atom stereocenters. The molecule has 2 N–H and O–H groups in total. The van der Waals surface area contributed by atoms with Crippen LogP contribution in [0.5, 0.6) is 11.5 Å². The Morgan fingerprint density at radius 3 is 2.39 bits per heavy atom. The van der Waals surface area contributed by atoms with Crippen LogP contribution >= 0.6 is 0 Å². The second-order valence-corrected chi connectivity index (χ2v) is 6.53. The SMILES string of the molecule is CCNCCCOc1ccc(-c2nc3ccc(OCCCNC)cc3o2)cc1. The zero-order valence-corrected chi connectivity index (χ0v) is 16.7. The molecular weight excluding hydrogens is 354 g/mol. The van der Waals surface area contributed by atoms with Crippen LogP contribution in [0.2, 0.25) is 0 Å². The maximum Gasteiger partial charge on any atom is 0.227 e. The maximum absolute atomic E-state index is 5.93.